The fourth-order valence-corrected chi connectivity index (χ4v) is 2.96. The van der Waals surface area contributed by atoms with Crippen LogP contribution in [-0.2, 0) is 4.74 Å². The predicted molar refractivity (Wildman–Crippen MR) is 111 cm³/mol. The van der Waals surface area contributed by atoms with Crippen LogP contribution >= 0.6 is 46.8 Å². The van der Waals surface area contributed by atoms with Gasteiger partial charge in [0, 0.05) is 5.38 Å². The third-order valence-electron chi connectivity index (χ3n) is 2.89. The van der Waals surface area contributed by atoms with E-state index in [9.17, 15) is 4.79 Å². The van der Waals surface area contributed by atoms with Gasteiger partial charge in [-0.1, -0.05) is 47.6 Å². The van der Waals surface area contributed by atoms with Gasteiger partial charge in [0.25, 0.3) is 0 Å². The molecule has 0 saturated heterocycles. The normalized spacial score (nSPS) is 9.89. The van der Waals surface area contributed by atoms with Crippen molar-refractivity contribution < 1.29 is 9.53 Å². The summed E-state index contributed by atoms with van der Waals surface area (Å²) in [6, 6.07) is 10.4. The predicted octanol–water partition coefficient (Wildman–Crippen LogP) is 4.40. The Morgan fingerprint density at radius 1 is 1.11 bits per heavy atom. The van der Waals surface area contributed by atoms with Crippen LogP contribution in [0.2, 0.25) is 10.3 Å². The minimum Gasteiger partial charge on any atom is -0.461 e. The summed E-state index contributed by atoms with van der Waals surface area (Å²) in [6.45, 7) is 2.09. The van der Waals surface area contributed by atoms with Gasteiger partial charge in [-0.2, -0.15) is 0 Å². The summed E-state index contributed by atoms with van der Waals surface area (Å²) in [5, 5.41) is 3.10. The van der Waals surface area contributed by atoms with Crippen LogP contribution in [0, 0.1) is 0 Å². The number of thiazole rings is 1. The molecule has 0 amide bonds. The zero-order valence-electron chi connectivity index (χ0n) is 14.1. The lowest BCUT2D eigenvalue weighted by Crippen LogP contribution is -2.10. The average molecular weight is 441 g/mol. The van der Waals surface area contributed by atoms with E-state index >= 15 is 0 Å². The van der Waals surface area contributed by atoms with Crippen molar-refractivity contribution in [2.45, 2.75) is 6.92 Å². The van der Waals surface area contributed by atoms with Gasteiger partial charge >= 0.3 is 5.97 Å². The Bertz CT molecular complexity index is 950. The van der Waals surface area contributed by atoms with Gasteiger partial charge in [0.2, 0.25) is 0 Å². The monoisotopic (exact) mass is 440 g/mol. The van der Waals surface area contributed by atoms with Crippen molar-refractivity contribution in [2.75, 3.05) is 6.61 Å². The van der Waals surface area contributed by atoms with E-state index in [-0.39, 0.29) is 4.99 Å². The van der Waals surface area contributed by atoms with Gasteiger partial charge < -0.3 is 10.5 Å². The first-order chi connectivity index (χ1) is 12.9. The first kappa shape index (κ1) is 21.2. The minimum absolute atomic E-state index is 0.266. The Labute approximate surface area is 175 Å². The highest BCUT2D eigenvalue weighted by Crippen LogP contribution is 2.23. The Kier molecular flexibility index (Phi) is 8.05. The molecular weight excluding hydrogens is 427 g/mol. The number of nitrogens with two attached hydrogens (primary N) is 1. The minimum atomic E-state index is -0.419. The number of aromatic nitrogens is 3. The molecule has 2 N–H and O–H groups in total. The molecule has 0 unspecified atom stereocenters. The van der Waals surface area contributed by atoms with Crippen LogP contribution in [0.5, 0.6) is 0 Å². The van der Waals surface area contributed by atoms with Crippen molar-refractivity contribution in [1.29, 1.82) is 0 Å². The van der Waals surface area contributed by atoms with E-state index in [1.807, 2.05) is 0 Å². The summed E-state index contributed by atoms with van der Waals surface area (Å²) in [4.78, 5) is 23.9. The highest BCUT2D eigenvalue weighted by Gasteiger charge is 2.13. The number of esters is 1. The first-order valence-electron chi connectivity index (χ1n) is 7.58. The number of nitrogens with zero attached hydrogens (tertiary/aromatic N) is 3. The SMILES string of the molecule is CCOC(=O)c1csc(-c2cccc(Cl)n2)n1.NC(=S)c1cccc(Cl)n1. The average Bonchev–Trinajstić information content (AvgIpc) is 3.13. The lowest BCUT2D eigenvalue weighted by Gasteiger charge is -1.97. The molecule has 3 aromatic rings. The van der Waals surface area contributed by atoms with Crippen molar-refractivity contribution in [2.24, 2.45) is 5.73 Å². The second kappa shape index (κ2) is 10.3. The van der Waals surface area contributed by atoms with Crippen molar-refractivity contribution >= 4 is 57.7 Å². The van der Waals surface area contributed by atoms with Gasteiger partial charge in [-0.25, -0.2) is 19.7 Å². The lowest BCUT2D eigenvalue weighted by atomic mass is 10.3. The number of halogens is 2. The second-order valence-corrected chi connectivity index (χ2v) is 6.89. The van der Waals surface area contributed by atoms with Crippen molar-refractivity contribution in [3.63, 3.8) is 0 Å². The fourth-order valence-electron chi connectivity index (χ4n) is 1.76. The standard InChI is InChI=1S/C11H9ClN2O2S.C6H5ClN2S/c1-2-16-11(15)8-6-17-10(14-8)7-4-3-5-9(12)13-7;7-5-3-1-2-4(9-5)6(8)10/h3-6H,2H2,1H3;1-3H,(H2,8,10). The van der Waals surface area contributed by atoms with Gasteiger partial charge in [0.05, 0.1) is 12.3 Å². The molecule has 0 fully saturated rings. The number of hydrogen-bond donors (Lipinski definition) is 1. The summed E-state index contributed by atoms with van der Waals surface area (Å²) in [5.74, 6) is -0.419. The van der Waals surface area contributed by atoms with Gasteiger partial charge in [0.15, 0.2) is 5.69 Å². The third kappa shape index (κ3) is 6.51. The maximum Gasteiger partial charge on any atom is 0.357 e. The van der Waals surface area contributed by atoms with Crippen molar-refractivity contribution in [3.05, 3.63) is 63.5 Å². The molecule has 0 bridgehead atoms. The van der Waals surface area contributed by atoms with Gasteiger partial charge in [-0.15, -0.1) is 11.3 Å². The van der Waals surface area contributed by atoms with E-state index < -0.39 is 5.97 Å². The van der Waals surface area contributed by atoms with E-state index in [0.717, 1.165) is 0 Å². The number of ether oxygens (including phenoxy) is 1. The van der Waals surface area contributed by atoms with Crippen LogP contribution in [-0.4, -0.2) is 32.5 Å². The molecule has 0 aliphatic carbocycles. The summed E-state index contributed by atoms with van der Waals surface area (Å²) in [6.07, 6.45) is 0. The summed E-state index contributed by atoms with van der Waals surface area (Å²) in [5.41, 5.74) is 6.80. The van der Waals surface area contributed by atoms with E-state index in [2.05, 4.69) is 27.2 Å². The van der Waals surface area contributed by atoms with Gasteiger partial charge in [-0.3, -0.25) is 0 Å². The molecule has 0 aliphatic heterocycles. The molecule has 10 heteroatoms. The maximum atomic E-state index is 11.4. The number of hydrogen-bond acceptors (Lipinski definition) is 7. The van der Waals surface area contributed by atoms with Crippen LogP contribution in [0.15, 0.2) is 41.8 Å². The van der Waals surface area contributed by atoms with Crippen LogP contribution < -0.4 is 5.73 Å². The molecule has 0 saturated carbocycles. The van der Waals surface area contributed by atoms with E-state index in [0.29, 0.717) is 39.0 Å². The number of thiocarbonyl (C=S) groups is 1. The Morgan fingerprint density at radius 2 is 1.78 bits per heavy atom. The molecule has 3 rings (SSSR count). The molecule has 0 aliphatic rings. The highest BCUT2D eigenvalue weighted by molar-refractivity contribution is 7.80. The molecule has 6 nitrogen and oxygen atoms in total. The smallest absolute Gasteiger partial charge is 0.357 e. The van der Waals surface area contributed by atoms with Crippen molar-refractivity contribution in [1.82, 2.24) is 15.0 Å². The molecule has 140 valence electrons. The van der Waals surface area contributed by atoms with Crippen LogP contribution in [0.3, 0.4) is 0 Å². The Balaban J connectivity index is 0.000000223. The second-order valence-electron chi connectivity index (χ2n) is 4.81. The number of carbonyl (C=O) groups is 1. The summed E-state index contributed by atoms with van der Waals surface area (Å²) < 4.78 is 4.86. The lowest BCUT2D eigenvalue weighted by molar-refractivity contribution is 0.0520. The number of rotatable bonds is 4. The van der Waals surface area contributed by atoms with E-state index in [1.165, 1.54) is 11.3 Å². The molecule has 27 heavy (non-hydrogen) atoms. The summed E-state index contributed by atoms with van der Waals surface area (Å²) in [7, 11) is 0. The van der Waals surface area contributed by atoms with Gasteiger partial charge in [-0.05, 0) is 31.2 Å². The first-order valence-corrected chi connectivity index (χ1v) is 9.63. The molecule has 0 radical (unpaired) electrons. The zero-order chi connectivity index (χ0) is 19.8. The highest BCUT2D eigenvalue weighted by atomic mass is 35.5. The number of carbonyl (C=O) groups excluding carboxylic acids is 1. The third-order valence-corrected chi connectivity index (χ3v) is 4.39. The van der Waals surface area contributed by atoms with Crippen LogP contribution in [0.25, 0.3) is 10.7 Å². The molecule has 0 atom stereocenters. The Morgan fingerprint density at radius 3 is 2.33 bits per heavy atom. The van der Waals surface area contributed by atoms with Crippen molar-refractivity contribution in [3.8, 4) is 10.7 Å². The van der Waals surface area contributed by atoms with Gasteiger partial charge in [0.1, 0.15) is 26.0 Å². The summed E-state index contributed by atoms with van der Waals surface area (Å²) >= 11 is 17.4. The number of pyridine rings is 2. The molecule has 0 spiro atoms. The maximum absolute atomic E-state index is 11.4. The van der Waals surface area contributed by atoms with Crippen LogP contribution in [0.1, 0.15) is 23.1 Å². The molecule has 3 heterocycles. The zero-order valence-corrected chi connectivity index (χ0v) is 17.2. The largest absolute Gasteiger partial charge is 0.461 e. The van der Waals surface area contributed by atoms with E-state index in [4.69, 9.17) is 33.7 Å². The van der Waals surface area contributed by atoms with E-state index in [1.54, 1.807) is 48.7 Å². The topological polar surface area (TPSA) is 91.0 Å². The molecular formula is C17H14Cl2N4O2S2. The fraction of sp³-hybridized carbons (Fsp3) is 0.118. The van der Waals surface area contributed by atoms with Crippen LogP contribution in [0.4, 0.5) is 0 Å². The quantitative estimate of drug-likeness (QED) is 0.364. The Hall–Kier alpha value is -2.13. The molecule has 0 aromatic carbocycles. The molecule has 3 aromatic heterocycles.